The highest BCUT2D eigenvalue weighted by Crippen LogP contribution is 2.14. The van der Waals surface area contributed by atoms with Crippen LogP contribution >= 0.6 is 11.8 Å². The molecule has 0 spiro atoms. The van der Waals surface area contributed by atoms with E-state index < -0.39 is 0 Å². The molecule has 0 unspecified atom stereocenters. The molecule has 1 aromatic heterocycles. The van der Waals surface area contributed by atoms with E-state index in [9.17, 15) is 14.4 Å². The van der Waals surface area contributed by atoms with Gasteiger partial charge in [-0.25, -0.2) is 4.98 Å². The van der Waals surface area contributed by atoms with Gasteiger partial charge in [0.25, 0.3) is 5.56 Å². The minimum Gasteiger partial charge on any atom is -0.325 e. The number of amides is 1. The molecule has 1 heterocycles. The van der Waals surface area contributed by atoms with Gasteiger partial charge in [0.2, 0.25) is 5.91 Å². The summed E-state index contributed by atoms with van der Waals surface area (Å²) >= 11 is 1.16. The van der Waals surface area contributed by atoms with Crippen LogP contribution in [-0.4, -0.2) is 27.4 Å². The standard InChI is InChI=1S/C16H17N3O3S/c1-9-10(2)17-16(19-15(9)22)23-8-14(21)18-13-6-4-12(5-7-13)11(3)20/h4-7H,8H2,1-3H3,(H,18,21)(H,17,19,22). The molecule has 2 N–H and O–H groups in total. The van der Waals surface area contributed by atoms with Crippen molar-refractivity contribution >= 4 is 29.1 Å². The van der Waals surface area contributed by atoms with Crippen molar-refractivity contribution in [1.29, 1.82) is 0 Å². The fraction of sp³-hybridized carbons (Fsp3) is 0.250. The van der Waals surface area contributed by atoms with Gasteiger partial charge in [-0.05, 0) is 45.0 Å². The lowest BCUT2D eigenvalue weighted by molar-refractivity contribution is -0.113. The Morgan fingerprint density at radius 1 is 1.22 bits per heavy atom. The zero-order chi connectivity index (χ0) is 17.0. The van der Waals surface area contributed by atoms with Crippen molar-refractivity contribution in [3.05, 3.63) is 51.4 Å². The van der Waals surface area contributed by atoms with Crippen LogP contribution in [0.3, 0.4) is 0 Å². The zero-order valence-electron chi connectivity index (χ0n) is 13.1. The van der Waals surface area contributed by atoms with E-state index in [4.69, 9.17) is 0 Å². The maximum atomic E-state index is 11.9. The molecule has 1 amide bonds. The first-order chi connectivity index (χ1) is 10.9. The summed E-state index contributed by atoms with van der Waals surface area (Å²) in [4.78, 5) is 41.6. The summed E-state index contributed by atoms with van der Waals surface area (Å²) in [5, 5.41) is 3.14. The van der Waals surface area contributed by atoms with Crippen LogP contribution in [0.5, 0.6) is 0 Å². The van der Waals surface area contributed by atoms with E-state index in [0.29, 0.717) is 27.7 Å². The molecule has 2 rings (SSSR count). The Labute approximate surface area is 137 Å². The molecular weight excluding hydrogens is 314 g/mol. The lowest BCUT2D eigenvalue weighted by Crippen LogP contribution is -2.17. The van der Waals surface area contributed by atoms with Crippen LogP contribution in [0.2, 0.25) is 0 Å². The molecule has 7 heteroatoms. The van der Waals surface area contributed by atoms with E-state index in [1.165, 1.54) is 6.92 Å². The normalized spacial score (nSPS) is 10.4. The number of aromatic nitrogens is 2. The molecule has 6 nitrogen and oxygen atoms in total. The molecule has 0 saturated heterocycles. The average molecular weight is 331 g/mol. The second-order valence-corrected chi connectivity index (χ2v) is 6.02. The third kappa shape index (κ3) is 4.53. The maximum absolute atomic E-state index is 11.9. The first-order valence-corrected chi connectivity index (χ1v) is 7.96. The summed E-state index contributed by atoms with van der Waals surface area (Å²) in [5.74, 6) is -0.116. The molecule has 120 valence electrons. The number of aryl methyl sites for hydroxylation is 1. The lowest BCUT2D eigenvalue weighted by atomic mass is 10.1. The molecule has 0 saturated carbocycles. The largest absolute Gasteiger partial charge is 0.325 e. The van der Waals surface area contributed by atoms with Crippen molar-refractivity contribution in [3.8, 4) is 0 Å². The minimum absolute atomic E-state index is 0.0248. The Balaban J connectivity index is 1.95. The van der Waals surface area contributed by atoms with Gasteiger partial charge in [-0.15, -0.1) is 0 Å². The van der Waals surface area contributed by atoms with Crippen molar-refractivity contribution < 1.29 is 9.59 Å². The molecule has 0 aliphatic carbocycles. The predicted octanol–water partition coefficient (Wildman–Crippen LogP) is 2.32. The summed E-state index contributed by atoms with van der Waals surface area (Å²) in [6.07, 6.45) is 0. The van der Waals surface area contributed by atoms with Crippen molar-refractivity contribution in [3.63, 3.8) is 0 Å². The second kappa shape index (κ2) is 7.23. The summed E-state index contributed by atoms with van der Waals surface area (Å²) in [5.41, 5.74) is 2.23. The maximum Gasteiger partial charge on any atom is 0.254 e. The van der Waals surface area contributed by atoms with Gasteiger partial charge in [-0.2, -0.15) is 0 Å². The van der Waals surface area contributed by atoms with Crippen LogP contribution in [0, 0.1) is 13.8 Å². The summed E-state index contributed by atoms with van der Waals surface area (Å²) in [6.45, 7) is 4.94. The molecule has 0 aliphatic heterocycles. The van der Waals surface area contributed by atoms with Crippen LogP contribution in [0.4, 0.5) is 5.69 Å². The highest BCUT2D eigenvalue weighted by molar-refractivity contribution is 7.99. The van der Waals surface area contributed by atoms with Gasteiger partial charge in [-0.1, -0.05) is 11.8 Å². The van der Waals surface area contributed by atoms with E-state index >= 15 is 0 Å². The number of hydrogen-bond acceptors (Lipinski definition) is 5. The topological polar surface area (TPSA) is 91.9 Å². The molecule has 0 radical (unpaired) electrons. The van der Waals surface area contributed by atoms with E-state index in [2.05, 4.69) is 15.3 Å². The number of carbonyl (C=O) groups excluding carboxylic acids is 2. The van der Waals surface area contributed by atoms with Gasteiger partial charge >= 0.3 is 0 Å². The Hall–Kier alpha value is -2.41. The van der Waals surface area contributed by atoms with Crippen LogP contribution < -0.4 is 10.9 Å². The van der Waals surface area contributed by atoms with Gasteiger partial charge < -0.3 is 10.3 Å². The van der Waals surface area contributed by atoms with Gasteiger partial charge in [0.05, 0.1) is 5.75 Å². The quantitative estimate of drug-likeness (QED) is 0.498. The summed E-state index contributed by atoms with van der Waals surface area (Å²) in [7, 11) is 0. The Morgan fingerprint density at radius 2 is 1.87 bits per heavy atom. The molecule has 23 heavy (non-hydrogen) atoms. The number of hydrogen-bond donors (Lipinski definition) is 2. The third-order valence-corrected chi connectivity index (χ3v) is 4.16. The first kappa shape index (κ1) is 17.0. The first-order valence-electron chi connectivity index (χ1n) is 6.98. The minimum atomic E-state index is -0.216. The second-order valence-electron chi connectivity index (χ2n) is 5.05. The molecule has 2 aromatic rings. The molecular formula is C16H17N3O3S. The van der Waals surface area contributed by atoms with E-state index in [-0.39, 0.29) is 23.0 Å². The van der Waals surface area contributed by atoms with Crippen LogP contribution in [0.1, 0.15) is 28.5 Å². The number of nitrogens with zero attached hydrogens (tertiary/aromatic N) is 1. The predicted molar refractivity (Wildman–Crippen MR) is 90.1 cm³/mol. The third-order valence-electron chi connectivity index (χ3n) is 3.29. The molecule has 0 aliphatic rings. The Morgan fingerprint density at radius 3 is 2.43 bits per heavy atom. The van der Waals surface area contributed by atoms with E-state index in [1.54, 1.807) is 38.1 Å². The van der Waals surface area contributed by atoms with Gasteiger partial charge in [0, 0.05) is 22.5 Å². The summed E-state index contributed by atoms with van der Waals surface area (Å²) in [6, 6.07) is 6.67. The SMILES string of the molecule is CC(=O)c1ccc(NC(=O)CSc2nc(C)c(C)c(=O)[nH]2)cc1. The lowest BCUT2D eigenvalue weighted by Gasteiger charge is -2.06. The fourth-order valence-electron chi connectivity index (χ4n) is 1.81. The van der Waals surface area contributed by atoms with Gasteiger partial charge in [0.15, 0.2) is 10.9 Å². The van der Waals surface area contributed by atoms with E-state index in [1.807, 2.05) is 0 Å². The monoisotopic (exact) mass is 331 g/mol. The van der Waals surface area contributed by atoms with Crippen molar-refractivity contribution in [2.45, 2.75) is 25.9 Å². The average Bonchev–Trinajstić information content (AvgIpc) is 2.51. The molecule has 0 bridgehead atoms. The van der Waals surface area contributed by atoms with Gasteiger partial charge in [-0.3, -0.25) is 14.4 Å². The number of carbonyl (C=O) groups is 2. The number of nitrogens with one attached hydrogen (secondary N) is 2. The van der Waals surface area contributed by atoms with Crippen LogP contribution in [-0.2, 0) is 4.79 Å². The number of Topliss-reactive ketones (excluding diaryl/α,β-unsaturated/α-hetero) is 1. The zero-order valence-corrected chi connectivity index (χ0v) is 13.9. The number of benzene rings is 1. The number of rotatable bonds is 5. The van der Waals surface area contributed by atoms with Crippen LogP contribution in [0.15, 0.2) is 34.2 Å². The highest BCUT2D eigenvalue weighted by atomic mass is 32.2. The highest BCUT2D eigenvalue weighted by Gasteiger charge is 2.08. The number of H-pyrrole nitrogens is 1. The molecule has 0 atom stereocenters. The summed E-state index contributed by atoms with van der Waals surface area (Å²) < 4.78 is 0. The van der Waals surface area contributed by atoms with E-state index in [0.717, 1.165) is 11.8 Å². The van der Waals surface area contributed by atoms with Crippen molar-refractivity contribution in [2.24, 2.45) is 0 Å². The van der Waals surface area contributed by atoms with Crippen LogP contribution in [0.25, 0.3) is 0 Å². The Kier molecular flexibility index (Phi) is 5.33. The Bertz CT molecular complexity index is 797. The van der Waals surface area contributed by atoms with Crippen molar-refractivity contribution in [2.75, 3.05) is 11.1 Å². The van der Waals surface area contributed by atoms with Gasteiger partial charge in [0.1, 0.15) is 0 Å². The molecule has 0 fully saturated rings. The smallest absolute Gasteiger partial charge is 0.254 e. The fourth-order valence-corrected chi connectivity index (χ4v) is 2.51. The number of aromatic amines is 1. The number of thioether (sulfide) groups is 1. The number of ketones is 1. The van der Waals surface area contributed by atoms with Crippen molar-refractivity contribution in [1.82, 2.24) is 9.97 Å². The number of anilines is 1. The molecule has 1 aromatic carbocycles.